The number of carboxylic acid groups (broad SMARTS) is 1. The van der Waals surface area contributed by atoms with Gasteiger partial charge in [0.1, 0.15) is 6.04 Å². The highest BCUT2D eigenvalue weighted by atomic mass is 32.2. The second-order valence-corrected chi connectivity index (χ2v) is 3.16. The molecule has 0 aliphatic carbocycles. The Labute approximate surface area is 65.2 Å². The summed E-state index contributed by atoms with van der Waals surface area (Å²) in [6.07, 6.45) is 0. The van der Waals surface area contributed by atoms with Crippen LogP contribution in [-0.4, -0.2) is 35.7 Å². The van der Waals surface area contributed by atoms with E-state index in [0.29, 0.717) is 5.75 Å². The Morgan fingerprint density at radius 3 is 2.70 bits per heavy atom. The van der Waals surface area contributed by atoms with Crippen LogP contribution in [0.15, 0.2) is 0 Å². The molecule has 10 heavy (non-hydrogen) atoms. The van der Waals surface area contributed by atoms with Gasteiger partial charge in [0, 0.05) is 5.75 Å². The highest BCUT2D eigenvalue weighted by Crippen LogP contribution is 2.01. The van der Waals surface area contributed by atoms with Gasteiger partial charge < -0.3 is 10.4 Å². The maximum Gasteiger partial charge on any atom is 0.321 e. The quantitative estimate of drug-likeness (QED) is 0.616. The Kier molecular flexibility index (Phi) is 5.43. The molecular formula is C6H13NO2S. The minimum Gasteiger partial charge on any atom is -0.480 e. The van der Waals surface area contributed by atoms with Crippen LogP contribution >= 0.6 is 11.8 Å². The summed E-state index contributed by atoms with van der Waals surface area (Å²) in [5.41, 5.74) is 0. The van der Waals surface area contributed by atoms with Gasteiger partial charge in [0.25, 0.3) is 0 Å². The molecule has 0 aromatic carbocycles. The lowest BCUT2D eigenvalue weighted by molar-refractivity contribution is -0.138. The summed E-state index contributed by atoms with van der Waals surface area (Å²) in [5, 5.41) is 11.2. The zero-order valence-corrected chi connectivity index (χ0v) is 7.07. The Hall–Kier alpha value is -0.220. The maximum absolute atomic E-state index is 10.4. The molecule has 0 aromatic heterocycles. The third kappa shape index (κ3) is 3.74. The Balaban J connectivity index is 3.50. The fourth-order valence-corrected chi connectivity index (χ4v) is 1.29. The highest BCUT2D eigenvalue weighted by molar-refractivity contribution is 7.99. The molecule has 0 heterocycles. The van der Waals surface area contributed by atoms with Gasteiger partial charge in [0.15, 0.2) is 0 Å². The first-order valence-corrected chi connectivity index (χ1v) is 4.35. The van der Waals surface area contributed by atoms with Crippen molar-refractivity contribution in [1.29, 1.82) is 0 Å². The third-order valence-corrected chi connectivity index (χ3v) is 2.11. The molecule has 0 aliphatic rings. The van der Waals surface area contributed by atoms with Crippen LogP contribution in [0.25, 0.3) is 0 Å². The van der Waals surface area contributed by atoms with Gasteiger partial charge in [-0.05, 0) is 12.8 Å². The summed E-state index contributed by atoms with van der Waals surface area (Å²) in [4.78, 5) is 10.4. The third-order valence-electron chi connectivity index (χ3n) is 1.14. The molecule has 0 amide bonds. The van der Waals surface area contributed by atoms with Crippen LogP contribution in [-0.2, 0) is 4.79 Å². The van der Waals surface area contributed by atoms with E-state index in [0.717, 1.165) is 5.75 Å². The molecular weight excluding hydrogens is 150 g/mol. The molecule has 0 bridgehead atoms. The van der Waals surface area contributed by atoms with Gasteiger partial charge in [-0.3, -0.25) is 4.79 Å². The number of carboxylic acids is 1. The van der Waals surface area contributed by atoms with Gasteiger partial charge in [-0.1, -0.05) is 6.92 Å². The van der Waals surface area contributed by atoms with Crippen LogP contribution in [0.3, 0.4) is 0 Å². The van der Waals surface area contributed by atoms with Crippen molar-refractivity contribution in [3.63, 3.8) is 0 Å². The van der Waals surface area contributed by atoms with Gasteiger partial charge >= 0.3 is 5.97 Å². The molecule has 0 rings (SSSR count). The molecule has 0 saturated carbocycles. The van der Waals surface area contributed by atoms with Gasteiger partial charge in [0.2, 0.25) is 0 Å². The summed E-state index contributed by atoms with van der Waals surface area (Å²) in [7, 11) is 1.66. The number of nitrogens with one attached hydrogen (secondary N) is 1. The molecule has 1 atom stereocenters. The fraction of sp³-hybridized carbons (Fsp3) is 0.833. The number of hydrogen-bond donors (Lipinski definition) is 2. The predicted molar refractivity (Wildman–Crippen MR) is 43.5 cm³/mol. The van der Waals surface area contributed by atoms with Crippen molar-refractivity contribution in [1.82, 2.24) is 5.32 Å². The highest BCUT2D eigenvalue weighted by Gasteiger charge is 2.12. The van der Waals surface area contributed by atoms with Crippen LogP contribution in [0.1, 0.15) is 6.92 Å². The maximum atomic E-state index is 10.4. The van der Waals surface area contributed by atoms with E-state index in [2.05, 4.69) is 5.32 Å². The molecule has 0 saturated heterocycles. The Morgan fingerprint density at radius 1 is 1.80 bits per heavy atom. The van der Waals surface area contributed by atoms with Crippen molar-refractivity contribution in [3.05, 3.63) is 0 Å². The van der Waals surface area contributed by atoms with E-state index in [1.165, 1.54) is 0 Å². The van der Waals surface area contributed by atoms with Crippen molar-refractivity contribution < 1.29 is 9.90 Å². The van der Waals surface area contributed by atoms with E-state index in [9.17, 15) is 4.79 Å². The van der Waals surface area contributed by atoms with Crippen molar-refractivity contribution >= 4 is 17.7 Å². The largest absolute Gasteiger partial charge is 0.480 e. The SMILES string of the molecule is CCSCC(NC)C(=O)O. The first-order chi connectivity index (χ1) is 4.72. The second-order valence-electron chi connectivity index (χ2n) is 1.84. The zero-order chi connectivity index (χ0) is 7.98. The lowest BCUT2D eigenvalue weighted by Crippen LogP contribution is -2.36. The summed E-state index contributed by atoms with van der Waals surface area (Å²) in [6, 6.07) is -0.398. The monoisotopic (exact) mass is 163 g/mol. The average molecular weight is 163 g/mol. The molecule has 60 valence electrons. The number of likely N-dealkylation sites (N-methyl/N-ethyl adjacent to an activating group) is 1. The van der Waals surface area contributed by atoms with Gasteiger partial charge in [-0.2, -0.15) is 11.8 Å². The van der Waals surface area contributed by atoms with Crippen LogP contribution in [0.5, 0.6) is 0 Å². The first-order valence-electron chi connectivity index (χ1n) is 3.20. The summed E-state index contributed by atoms with van der Waals surface area (Å²) in [6.45, 7) is 2.01. The average Bonchev–Trinajstić information content (AvgIpc) is 1.89. The number of hydrogen-bond acceptors (Lipinski definition) is 3. The molecule has 1 unspecified atom stereocenters. The van der Waals surface area contributed by atoms with E-state index in [-0.39, 0.29) is 0 Å². The molecule has 4 heteroatoms. The van der Waals surface area contributed by atoms with Crippen molar-refractivity contribution in [2.24, 2.45) is 0 Å². The molecule has 0 aromatic rings. The van der Waals surface area contributed by atoms with E-state index < -0.39 is 12.0 Å². The summed E-state index contributed by atoms with van der Waals surface area (Å²) < 4.78 is 0. The van der Waals surface area contributed by atoms with Crippen molar-refractivity contribution in [3.8, 4) is 0 Å². The van der Waals surface area contributed by atoms with E-state index in [1.807, 2.05) is 6.92 Å². The minimum absolute atomic E-state index is 0.398. The molecule has 0 radical (unpaired) electrons. The van der Waals surface area contributed by atoms with Crippen LogP contribution in [0.4, 0.5) is 0 Å². The minimum atomic E-state index is -0.775. The van der Waals surface area contributed by atoms with Crippen LogP contribution < -0.4 is 5.32 Å². The normalized spacial score (nSPS) is 13.0. The van der Waals surface area contributed by atoms with E-state index >= 15 is 0 Å². The van der Waals surface area contributed by atoms with Crippen LogP contribution in [0.2, 0.25) is 0 Å². The smallest absolute Gasteiger partial charge is 0.321 e. The molecule has 0 aliphatic heterocycles. The van der Waals surface area contributed by atoms with Crippen molar-refractivity contribution in [2.75, 3.05) is 18.6 Å². The zero-order valence-electron chi connectivity index (χ0n) is 6.26. The lowest BCUT2D eigenvalue weighted by atomic mass is 10.3. The molecule has 2 N–H and O–H groups in total. The Bertz CT molecular complexity index is 108. The summed E-state index contributed by atoms with van der Waals surface area (Å²) >= 11 is 1.63. The fourth-order valence-electron chi connectivity index (χ4n) is 0.514. The van der Waals surface area contributed by atoms with Gasteiger partial charge in [-0.25, -0.2) is 0 Å². The standard InChI is InChI=1S/C6H13NO2S/c1-3-10-4-5(7-2)6(8)9/h5,7H,3-4H2,1-2H3,(H,8,9). The van der Waals surface area contributed by atoms with Gasteiger partial charge in [-0.15, -0.1) is 0 Å². The number of aliphatic carboxylic acids is 1. The Morgan fingerprint density at radius 2 is 2.40 bits per heavy atom. The molecule has 0 spiro atoms. The predicted octanol–water partition coefficient (Wildman–Crippen LogP) is 0.412. The summed E-state index contributed by atoms with van der Waals surface area (Å²) in [5.74, 6) is 0.830. The van der Waals surface area contributed by atoms with Crippen LogP contribution in [0, 0.1) is 0 Å². The molecule has 0 fully saturated rings. The number of thioether (sulfide) groups is 1. The topological polar surface area (TPSA) is 49.3 Å². The number of carbonyl (C=O) groups is 1. The van der Waals surface area contributed by atoms with Crippen molar-refractivity contribution in [2.45, 2.75) is 13.0 Å². The van der Waals surface area contributed by atoms with E-state index in [1.54, 1.807) is 18.8 Å². The number of rotatable bonds is 5. The molecule has 3 nitrogen and oxygen atoms in total. The van der Waals surface area contributed by atoms with Gasteiger partial charge in [0.05, 0.1) is 0 Å². The second kappa shape index (κ2) is 5.56. The van der Waals surface area contributed by atoms with E-state index in [4.69, 9.17) is 5.11 Å². The lowest BCUT2D eigenvalue weighted by Gasteiger charge is -2.08. The first kappa shape index (κ1) is 9.78.